The van der Waals surface area contributed by atoms with Crippen LogP contribution in [0.1, 0.15) is 18.4 Å². The van der Waals surface area contributed by atoms with Crippen LogP contribution in [-0.4, -0.2) is 51.3 Å². The lowest BCUT2D eigenvalue weighted by Gasteiger charge is -2.22. The third kappa shape index (κ3) is 5.06. The van der Waals surface area contributed by atoms with Gasteiger partial charge in [0.15, 0.2) is 17.5 Å². The highest BCUT2D eigenvalue weighted by atomic mass is 35.5. The summed E-state index contributed by atoms with van der Waals surface area (Å²) in [6.45, 7) is 6.57. The van der Waals surface area contributed by atoms with Crippen molar-refractivity contribution in [2.75, 3.05) is 40.4 Å². The summed E-state index contributed by atoms with van der Waals surface area (Å²) >= 11 is 6.27. The van der Waals surface area contributed by atoms with Gasteiger partial charge in [0.05, 0.1) is 5.02 Å². The Labute approximate surface area is 149 Å². The van der Waals surface area contributed by atoms with Gasteiger partial charge in [0.1, 0.15) is 13.2 Å². The number of fused-ring (bicyclic) bond motifs is 1. The van der Waals surface area contributed by atoms with Crippen molar-refractivity contribution in [2.45, 2.75) is 19.3 Å². The Balaban J connectivity index is 1.86. The molecule has 24 heavy (non-hydrogen) atoms. The number of benzene rings is 1. The van der Waals surface area contributed by atoms with Crippen LogP contribution in [0.5, 0.6) is 11.5 Å². The number of unbranched alkanes of at least 4 members (excludes halogenated alkanes) is 1. The van der Waals surface area contributed by atoms with Gasteiger partial charge in [-0.15, -0.1) is 6.58 Å². The lowest BCUT2D eigenvalue weighted by Crippen LogP contribution is -2.40. The molecule has 1 aromatic carbocycles. The molecular formula is C18H26ClN3O2. The van der Waals surface area contributed by atoms with E-state index in [1.54, 1.807) is 7.05 Å². The second-order valence-electron chi connectivity index (χ2n) is 5.68. The van der Waals surface area contributed by atoms with Crippen LogP contribution < -0.4 is 14.8 Å². The molecule has 1 N–H and O–H groups in total. The van der Waals surface area contributed by atoms with Gasteiger partial charge in [0.25, 0.3) is 0 Å². The van der Waals surface area contributed by atoms with Crippen molar-refractivity contribution in [2.24, 2.45) is 4.99 Å². The maximum Gasteiger partial charge on any atom is 0.193 e. The standard InChI is InChI=1S/C18H26ClN3O2/c1-4-5-6-9-22(3)18(20-2)21-8-7-14-12-15(19)17-16(13-14)23-10-11-24-17/h4,12-13H,1,5-11H2,2-3H3,(H,20,21). The Morgan fingerprint density at radius 2 is 2.21 bits per heavy atom. The summed E-state index contributed by atoms with van der Waals surface area (Å²) in [5.41, 5.74) is 1.11. The smallest absolute Gasteiger partial charge is 0.193 e. The molecular weight excluding hydrogens is 326 g/mol. The summed E-state index contributed by atoms with van der Waals surface area (Å²) in [5.74, 6) is 2.27. The number of hydrogen-bond acceptors (Lipinski definition) is 3. The molecule has 1 aromatic rings. The first-order chi connectivity index (χ1) is 11.7. The first-order valence-electron chi connectivity index (χ1n) is 8.26. The molecule has 132 valence electrons. The van der Waals surface area contributed by atoms with E-state index < -0.39 is 0 Å². The van der Waals surface area contributed by atoms with Crippen LogP contribution in [0, 0.1) is 0 Å². The van der Waals surface area contributed by atoms with Gasteiger partial charge < -0.3 is 19.7 Å². The molecule has 0 saturated heterocycles. The first-order valence-corrected chi connectivity index (χ1v) is 8.64. The molecule has 1 aliphatic rings. The van der Waals surface area contributed by atoms with E-state index in [0.29, 0.717) is 24.0 Å². The zero-order valence-electron chi connectivity index (χ0n) is 14.5. The van der Waals surface area contributed by atoms with E-state index >= 15 is 0 Å². The van der Waals surface area contributed by atoms with Gasteiger partial charge in [-0.1, -0.05) is 17.7 Å². The van der Waals surface area contributed by atoms with Gasteiger partial charge in [-0.05, 0) is 37.0 Å². The highest BCUT2D eigenvalue weighted by molar-refractivity contribution is 6.32. The number of aliphatic imine (C=N–C) groups is 1. The maximum absolute atomic E-state index is 6.27. The van der Waals surface area contributed by atoms with Crippen molar-refractivity contribution < 1.29 is 9.47 Å². The van der Waals surface area contributed by atoms with E-state index in [2.05, 4.69) is 21.8 Å². The largest absolute Gasteiger partial charge is 0.486 e. The average molecular weight is 352 g/mol. The minimum Gasteiger partial charge on any atom is -0.486 e. The monoisotopic (exact) mass is 351 g/mol. The number of allylic oxidation sites excluding steroid dienone is 1. The molecule has 0 unspecified atom stereocenters. The lowest BCUT2D eigenvalue weighted by atomic mass is 10.1. The predicted octanol–water partition coefficient (Wildman–Crippen LogP) is 3.13. The summed E-state index contributed by atoms with van der Waals surface area (Å²) in [4.78, 5) is 6.45. The minimum absolute atomic E-state index is 0.544. The van der Waals surface area contributed by atoms with Crippen molar-refractivity contribution in [3.05, 3.63) is 35.4 Å². The molecule has 0 fully saturated rings. The lowest BCUT2D eigenvalue weighted by molar-refractivity contribution is 0.171. The molecule has 0 radical (unpaired) electrons. The van der Waals surface area contributed by atoms with Gasteiger partial charge in [-0.3, -0.25) is 4.99 Å². The Morgan fingerprint density at radius 1 is 1.42 bits per heavy atom. The van der Waals surface area contributed by atoms with Crippen LogP contribution in [0.3, 0.4) is 0 Å². The van der Waals surface area contributed by atoms with E-state index in [0.717, 1.165) is 49.6 Å². The molecule has 2 rings (SSSR count). The van der Waals surface area contributed by atoms with E-state index in [4.69, 9.17) is 21.1 Å². The summed E-state index contributed by atoms with van der Waals surface area (Å²) < 4.78 is 11.2. The molecule has 0 spiro atoms. The van der Waals surface area contributed by atoms with Crippen molar-refractivity contribution >= 4 is 17.6 Å². The Bertz CT molecular complexity index is 590. The summed E-state index contributed by atoms with van der Waals surface area (Å²) in [6, 6.07) is 3.94. The molecule has 0 aliphatic carbocycles. The third-order valence-corrected chi connectivity index (χ3v) is 4.11. The fourth-order valence-electron chi connectivity index (χ4n) is 2.59. The van der Waals surface area contributed by atoms with Crippen molar-refractivity contribution in [1.29, 1.82) is 0 Å². The van der Waals surface area contributed by atoms with E-state index in [-0.39, 0.29) is 0 Å². The Morgan fingerprint density at radius 3 is 2.96 bits per heavy atom. The number of nitrogens with zero attached hydrogens (tertiary/aromatic N) is 2. The quantitative estimate of drug-likeness (QED) is 0.355. The zero-order valence-corrected chi connectivity index (χ0v) is 15.2. The van der Waals surface area contributed by atoms with Crippen LogP contribution in [-0.2, 0) is 6.42 Å². The molecule has 1 aliphatic heterocycles. The van der Waals surface area contributed by atoms with Crippen LogP contribution in [0.25, 0.3) is 0 Å². The van der Waals surface area contributed by atoms with E-state index in [1.807, 2.05) is 25.3 Å². The summed E-state index contributed by atoms with van der Waals surface area (Å²) in [7, 11) is 3.84. The Kier molecular flexibility index (Phi) is 7.25. The molecule has 0 saturated carbocycles. The van der Waals surface area contributed by atoms with Crippen molar-refractivity contribution in [3.8, 4) is 11.5 Å². The molecule has 0 aromatic heterocycles. The molecule has 0 atom stereocenters. The maximum atomic E-state index is 6.27. The number of guanidine groups is 1. The van der Waals surface area contributed by atoms with E-state index in [1.165, 1.54) is 0 Å². The highest BCUT2D eigenvalue weighted by Gasteiger charge is 2.16. The molecule has 0 amide bonds. The molecule has 0 bridgehead atoms. The normalized spacial score (nSPS) is 13.5. The van der Waals surface area contributed by atoms with E-state index in [9.17, 15) is 0 Å². The highest BCUT2D eigenvalue weighted by Crippen LogP contribution is 2.38. The summed E-state index contributed by atoms with van der Waals surface area (Å²) in [6.07, 6.45) is 4.85. The van der Waals surface area contributed by atoms with Gasteiger partial charge in [-0.25, -0.2) is 0 Å². The molecule has 6 heteroatoms. The van der Waals surface area contributed by atoms with Crippen LogP contribution in [0.2, 0.25) is 5.02 Å². The fourth-order valence-corrected chi connectivity index (χ4v) is 2.88. The third-order valence-electron chi connectivity index (χ3n) is 3.83. The molecule has 5 nitrogen and oxygen atoms in total. The zero-order chi connectivity index (χ0) is 17.4. The van der Waals surface area contributed by atoms with Gasteiger partial charge in [-0.2, -0.15) is 0 Å². The van der Waals surface area contributed by atoms with Gasteiger partial charge in [0, 0.05) is 27.2 Å². The number of rotatable bonds is 7. The average Bonchev–Trinajstić information content (AvgIpc) is 2.59. The number of nitrogens with one attached hydrogen (secondary N) is 1. The summed E-state index contributed by atoms with van der Waals surface area (Å²) in [5, 5.41) is 3.98. The SMILES string of the molecule is C=CCCCN(C)C(=NC)NCCc1cc(Cl)c2c(c1)OCCO2. The predicted molar refractivity (Wildman–Crippen MR) is 99.6 cm³/mol. The van der Waals surface area contributed by atoms with Gasteiger partial charge >= 0.3 is 0 Å². The van der Waals surface area contributed by atoms with Crippen LogP contribution in [0.15, 0.2) is 29.8 Å². The fraction of sp³-hybridized carbons (Fsp3) is 0.500. The number of ether oxygens (including phenoxy) is 2. The van der Waals surface area contributed by atoms with Crippen LogP contribution >= 0.6 is 11.6 Å². The second kappa shape index (κ2) is 9.42. The number of hydrogen-bond donors (Lipinski definition) is 1. The first kappa shape index (κ1) is 18.5. The topological polar surface area (TPSA) is 46.1 Å². The minimum atomic E-state index is 0.544. The second-order valence-corrected chi connectivity index (χ2v) is 6.09. The van der Waals surface area contributed by atoms with Crippen LogP contribution in [0.4, 0.5) is 0 Å². The van der Waals surface area contributed by atoms with Gasteiger partial charge in [0.2, 0.25) is 0 Å². The Hall–Kier alpha value is -1.88. The van der Waals surface area contributed by atoms with Crippen molar-refractivity contribution in [3.63, 3.8) is 0 Å². The van der Waals surface area contributed by atoms with Crippen molar-refractivity contribution in [1.82, 2.24) is 10.2 Å². The number of halogens is 1. The molecule has 1 heterocycles.